The minimum Gasteiger partial charge on any atom is -0.356 e. The van der Waals surface area contributed by atoms with Gasteiger partial charge in [-0.15, -0.1) is 0 Å². The van der Waals surface area contributed by atoms with E-state index in [1.165, 1.54) is 24.7 Å². The van der Waals surface area contributed by atoms with Crippen LogP contribution in [0.3, 0.4) is 0 Å². The number of nitrogens with zero attached hydrogens (tertiary/aromatic N) is 3. The number of hydrogen-bond acceptors (Lipinski definition) is 4. The predicted molar refractivity (Wildman–Crippen MR) is 101 cm³/mol. The molecule has 6 heteroatoms. The van der Waals surface area contributed by atoms with Crippen LogP contribution in [0.4, 0.5) is 22.1 Å². The first-order chi connectivity index (χ1) is 12.0. The molecule has 132 valence electrons. The van der Waals surface area contributed by atoms with Crippen LogP contribution in [0.5, 0.6) is 0 Å². The molecular formula is C19H25N5O. The number of piperidine rings is 1. The summed E-state index contributed by atoms with van der Waals surface area (Å²) in [6.45, 7) is 8.33. The lowest BCUT2D eigenvalue weighted by Crippen LogP contribution is -2.33. The van der Waals surface area contributed by atoms with Crippen molar-refractivity contribution in [1.82, 2.24) is 9.97 Å². The molecule has 1 aliphatic rings. The maximum Gasteiger partial charge on any atom is 0.324 e. The molecule has 6 nitrogen and oxygen atoms in total. The summed E-state index contributed by atoms with van der Waals surface area (Å²) in [4.78, 5) is 23.0. The van der Waals surface area contributed by atoms with Gasteiger partial charge in [0, 0.05) is 24.8 Å². The Morgan fingerprint density at radius 2 is 1.84 bits per heavy atom. The van der Waals surface area contributed by atoms with Gasteiger partial charge in [0.25, 0.3) is 0 Å². The van der Waals surface area contributed by atoms with Gasteiger partial charge in [0.2, 0.25) is 0 Å². The highest BCUT2D eigenvalue weighted by atomic mass is 16.2. The molecule has 0 spiro atoms. The van der Waals surface area contributed by atoms with E-state index in [4.69, 9.17) is 0 Å². The second-order valence-electron chi connectivity index (χ2n) is 6.81. The number of rotatable bonds is 3. The van der Waals surface area contributed by atoms with Gasteiger partial charge in [0.05, 0.1) is 0 Å². The zero-order chi connectivity index (χ0) is 17.8. The lowest BCUT2D eigenvalue weighted by molar-refractivity contribution is 0.262. The highest BCUT2D eigenvalue weighted by molar-refractivity contribution is 5.99. The molecule has 1 aliphatic heterocycles. The van der Waals surface area contributed by atoms with Gasteiger partial charge >= 0.3 is 6.03 Å². The maximum atomic E-state index is 12.2. The number of aromatic nitrogens is 2. The highest BCUT2D eigenvalue weighted by Crippen LogP contribution is 2.22. The predicted octanol–water partition coefficient (Wildman–Crippen LogP) is 3.97. The number of carbonyl (C=O) groups excluding carboxylic acids is 1. The first kappa shape index (κ1) is 17.2. The first-order valence-electron chi connectivity index (χ1n) is 8.73. The molecule has 1 fully saturated rings. The number of carbonyl (C=O) groups is 1. The van der Waals surface area contributed by atoms with E-state index in [1.54, 1.807) is 0 Å². The Morgan fingerprint density at radius 1 is 1.08 bits per heavy atom. The van der Waals surface area contributed by atoms with Crippen molar-refractivity contribution in [2.75, 3.05) is 28.6 Å². The molecule has 0 saturated carbocycles. The lowest BCUT2D eigenvalue weighted by Gasteiger charge is -2.31. The highest BCUT2D eigenvalue weighted by Gasteiger charge is 2.17. The minimum atomic E-state index is -0.305. The Morgan fingerprint density at radius 3 is 2.56 bits per heavy atom. The quantitative estimate of drug-likeness (QED) is 0.887. The average molecular weight is 339 g/mol. The molecule has 1 aromatic heterocycles. The van der Waals surface area contributed by atoms with Crippen molar-refractivity contribution < 1.29 is 4.79 Å². The fourth-order valence-electron chi connectivity index (χ4n) is 2.92. The number of benzene rings is 1. The van der Waals surface area contributed by atoms with Crippen LogP contribution in [-0.4, -0.2) is 29.1 Å². The second-order valence-corrected chi connectivity index (χ2v) is 6.81. The van der Waals surface area contributed by atoms with E-state index in [9.17, 15) is 4.79 Å². The Kier molecular flexibility index (Phi) is 5.16. The second kappa shape index (κ2) is 7.51. The Hall–Kier alpha value is -2.63. The van der Waals surface area contributed by atoms with Crippen molar-refractivity contribution in [3.05, 3.63) is 41.7 Å². The Balaban J connectivity index is 1.63. The third-order valence-corrected chi connectivity index (χ3v) is 4.77. The van der Waals surface area contributed by atoms with Crippen LogP contribution < -0.4 is 15.5 Å². The molecule has 0 aliphatic carbocycles. The zero-order valence-corrected chi connectivity index (χ0v) is 15.0. The third kappa shape index (κ3) is 4.47. The number of amides is 2. The molecule has 0 unspecified atom stereocenters. The molecule has 3 rings (SSSR count). The molecule has 0 atom stereocenters. The maximum absolute atomic E-state index is 12.2. The molecule has 25 heavy (non-hydrogen) atoms. The molecule has 0 radical (unpaired) electrons. The monoisotopic (exact) mass is 339 g/mol. The summed E-state index contributed by atoms with van der Waals surface area (Å²) in [5, 5.41) is 5.62. The van der Waals surface area contributed by atoms with Gasteiger partial charge in [0.1, 0.15) is 18.0 Å². The zero-order valence-electron chi connectivity index (χ0n) is 15.0. The molecule has 2 aromatic rings. The van der Waals surface area contributed by atoms with Gasteiger partial charge in [0.15, 0.2) is 0 Å². The van der Waals surface area contributed by atoms with Crippen LogP contribution in [0.25, 0.3) is 0 Å². The van der Waals surface area contributed by atoms with Crippen molar-refractivity contribution in [1.29, 1.82) is 0 Å². The largest absolute Gasteiger partial charge is 0.356 e. The Bertz CT molecular complexity index is 753. The van der Waals surface area contributed by atoms with Crippen molar-refractivity contribution in [3.8, 4) is 0 Å². The van der Waals surface area contributed by atoms with E-state index >= 15 is 0 Å². The van der Waals surface area contributed by atoms with Crippen LogP contribution in [0.1, 0.15) is 30.9 Å². The molecular weight excluding hydrogens is 314 g/mol. The summed E-state index contributed by atoms with van der Waals surface area (Å²) in [6.07, 6.45) is 3.83. The average Bonchev–Trinajstić information content (AvgIpc) is 2.59. The molecule has 2 amide bonds. The normalized spacial score (nSPS) is 15.1. The van der Waals surface area contributed by atoms with E-state index in [-0.39, 0.29) is 6.03 Å². The molecule has 1 aromatic carbocycles. The van der Waals surface area contributed by atoms with Gasteiger partial charge in [-0.25, -0.2) is 14.8 Å². The van der Waals surface area contributed by atoms with Gasteiger partial charge in [-0.1, -0.05) is 13.0 Å². The van der Waals surface area contributed by atoms with Gasteiger partial charge in [-0.05, 0) is 55.9 Å². The first-order valence-corrected chi connectivity index (χ1v) is 8.73. The number of nitrogens with one attached hydrogen (secondary N) is 2. The van der Waals surface area contributed by atoms with Crippen molar-refractivity contribution in [3.63, 3.8) is 0 Å². The van der Waals surface area contributed by atoms with Crippen molar-refractivity contribution in [2.45, 2.75) is 33.6 Å². The van der Waals surface area contributed by atoms with E-state index in [1.807, 2.05) is 38.1 Å². The van der Waals surface area contributed by atoms with Crippen molar-refractivity contribution >= 4 is 23.4 Å². The van der Waals surface area contributed by atoms with Crippen LogP contribution in [0.15, 0.2) is 30.6 Å². The Labute approximate surface area is 148 Å². The van der Waals surface area contributed by atoms with Crippen LogP contribution in [0, 0.1) is 19.8 Å². The lowest BCUT2D eigenvalue weighted by atomic mass is 9.99. The number of urea groups is 1. The number of anilines is 3. The van der Waals surface area contributed by atoms with E-state index in [0.29, 0.717) is 5.82 Å². The topological polar surface area (TPSA) is 70.2 Å². The smallest absolute Gasteiger partial charge is 0.324 e. The summed E-state index contributed by atoms with van der Waals surface area (Å²) in [6, 6.07) is 7.36. The van der Waals surface area contributed by atoms with Crippen LogP contribution in [-0.2, 0) is 0 Å². The SMILES string of the molecule is Cc1ccc(NC(=O)Nc2cc(N3CCC(C)CC3)ncn2)cc1C. The fourth-order valence-corrected chi connectivity index (χ4v) is 2.92. The van der Waals surface area contributed by atoms with Crippen molar-refractivity contribution in [2.24, 2.45) is 5.92 Å². The summed E-state index contributed by atoms with van der Waals surface area (Å²) in [5.41, 5.74) is 3.10. The van der Waals surface area contributed by atoms with E-state index in [2.05, 4.69) is 32.4 Å². The molecule has 2 heterocycles. The minimum absolute atomic E-state index is 0.305. The van der Waals surface area contributed by atoms with Crippen LogP contribution >= 0.6 is 0 Å². The molecule has 0 bridgehead atoms. The summed E-state index contributed by atoms with van der Waals surface area (Å²) in [7, 11) is 0. The van der Waals surface area contributed by atoms with E-state index in [0.717, 1.165) is 36.1 Å². The van der Waals surface area contributed by atoms with Crippen LogP contribution in [0.2, 0.25) is 0 Å². The number of hydrogen-bond donors (Lipinski definition) is 2. The van der Waals surface area contributed by atoms with Gasteiger partial charge in [-0.3, -0.25) is 5.32 Å². The summed E-state index contributed by atoms with van der Waals surface area (Å²) in [5.74, 6) is 2.13. The summed E-state index contributed by atoms with van der Waals surface area (Å²) < 4.78 is 0. The van der Waals surface area contributed by atoms with E-state index < -0.39 is 0 Å². The fraction of sp³-hybridized carbons (Fsp3) is 0.421. The third-order valence-electron chi connectivity index (χ3n) is 4.77. The molecule has 1 saturated heterocycles. The van der Waals surface area contributed by atoms with Gasteiger partial charge in [-0.2, -0.15) is 0 Å². The molecule has 2 N–H and O–H groups in total. The number of aryl methyl sites for hydroxylation is 2. The van der Waals surface area contributed by atoms with Gasteiger partial charge < -0.3 is 10.2 Å². The summed E-state index contributed by atoms with van der Waals surface area (Å²) >= 11 is 0. The standard InChI is InChI=1S/C19H25N5O/c1-13-6-8-24(9-7-13)18-11-17(20-12-21-18)23-19(25)22-16-5-4-14(2)15(3)10-16/h4-5,10-13H,6-9H2,1-3H3,(H2,20,21,22,23,25).